The third-order valence-electron chi connectivity index (χ3n) is 1.74. The first-order chi connectivity index (χ1) is 6.81. The SMILES string of the molecule is CCC/C=C\CC/C=C/C(=O)NCC. The van der Waals surface area contributed by atoms with Crippen LogP contribution >= 0.6 is 0 Å². The smallest absolute Gasteiger partial charge is 0.243 e. The maximum atomic E-state index is 11.0. The second-order valence-corrected chi connectivity index (χ2v) is 3.13. The molecule has 0 aromatic rings. The van der Waals surface area contributed by atoms with Gasteiger partial charge in [0, 0.05) is 6.54 Å². The van der Waals surface area contributed by atoms with Crippen molar-refractivity contribution in [3.63, 3.8) is 0 Å². The van der Waals surface area contributed by atoms with Crippen LogP contribution < -0.4 is 5.32 Å². The van der Waals surface area contributed by atoms with Gasteiger partial charge in [0.2, 0.25) is 5.91 Å². The monoisotopic (exact) mass is 195 g/mol. The molecule has 2 nitrogen and oxygen atoms in total. The van der Waals surface area contributed by atoms with Gasteiger partial charge in [-0.2, -0.15) is 0 Å². The third-order valence-corrected chi connectivity index (χ3v) is 1.74. The Kier molecular flexibility index (Phi) is 9.28. The Labute approximate surface area is 87.1 Å². The van der Waals surface area contributed by atoms with Crippen LogP contribution in [0.3, 0.4) is 0 Å². The first-order valence-electron chi connectivity index (χ1n) is 5.40. The van der Waals surface area contributed by atoms with Crippen molar-refractivity contribution >= 4 is 5.91 Å². The van der Waals surface area contributed by atoms with E-state index in [0.29, 0.717) is 6.54 Å². The minimum Gasteiger partial charge on any atom is -0.353 e. The second kappa shape index (κ2) is 10.0. The molecule has 0 aliphatic heterocycles. The predicted octanol–water partition coefficient (Wildman–Crippen LogP) is 2.82. The van der Waals surface area contributed by atoms with E-state index in [2.05, 4.69) is 24.4 Å². The molecule has 2 heteroatoms. The fourth-order valence-electron chi connectivity index (χ4n) is 1.02. The van der Waals surface area contributed by atoms with Crippen LogP contribution in [0, 0.1) is 0 Å². The number of rotatable bonds is 7. The highest BCUT2D eigenvalue weighted by Crippen LogP contribution is 1.95. The van der Waals surface area contributed by atoms with Gasteiger partial charge >= 0.3 is 0 Å². The molecule has 0 unspecified atom stereocenters. The maximum Gasteiger partial charge on any atom is 0.243 e. The number of amides is 1. The molecule has 0 saturated carbocycles. The third kappa shape index (κ3) is 9.04. The molecule has 0 bridgehead atoms. The molecule has 0 fully saturated rings. The van der Waals surface area contributed by atoms with Crippen LogP contribution in [0.1, 0.15) is 39.5 Å². The first kappa shape index (κ1) is 12.9. The number of carbonyl (C=O) groups excluding carboxylic acids is 1. The Bertz CT molecular complexity index is 194. The van der Waals surface area contributed by atoms with Crippen molar-refractivity contribution in [2.45, 2.75) is 39.5 Å². The van der Waals surface area contributed by atoms with E-state index >= 15 is 0 Å². The summed E-state index contributed by atoms with van der Waals surface area (Å²) < 4.78 is 0. The highest BCUT2D eigenvalue weighted by atomic mass is 16.1. The van der Waals surface area contributed by atoms with Gasteiger partial charge in [0.15, 0.2) is 0 Å². The van der Waals surface area contributed by atoms with Crippen LogP contribution in [0.5, 0.6) is 0 Å². The summed E-state index contributed by atoms with van der Waals surface area (Å²) in [6.07, 6.45) is 12.2. The molecule has 0 rings (SSSR count). The van der Waals surface area contributed by atoms with Gasteiger partial charge in [-0.25, -0.2) is 0 Å². The van der Waals surface area contributed by atoms with Crippen molar-refractivity contribution in [1.82, 2.24) is 5.32 Å². The summed E-state index contributed by atoms with van der Waals surface area (Å²) in [6, 6.07) is 0. The zero-order valence-corrected chi connectivity index (χ0v) is 9.25. The Morgan fingerprint density at radius 2 is 1.71 bits per heavy atom. The average Bonchev–Trinajstić information content (AvgIpc) is 2.17. The Morgan fingerprint density at radius 1 is 1.07 bits per heavy atom. The largest absolute Gasteiger partial charge is 0.353 e. The van der Waals surface area contributed by atoms with Gasteiger partial charge in [-0.05, 0) is 32.3 Å². The highest BCUT2D eigenvalue weighted by Gasteiger charge is 1.88. The van der Waals surface area contributed by atoms with Crippen LogP contribution in [0.4, 0.5) is 0 Å². The Balaban J connectivity index is 3.39. The molecule has 0 saturated heterocycles. The molecule has 0 aromatic heterocycles. The molecular formula is C12H21NO. The summed E-state index contributed by atoms with van der Waals surface area (Å²) in [5.74, 6) is 0.00466. The van der Waals surface area contributed by atoms with Crippen LogP contribution in [0.2, 0.25) is 0 Å². The van der Waals surface area contributed by atoms with Crippen LogP contribution in [0.15, 0.2) is 24.3 Å². The molecule has 0 aliphatic carbocycles. The van der Waals surface area contributed by atoms with Gasteiger partial charge in [-0.1, -0.05) is 31.6 Å². The van der Waals surface area contributed by atoms with Gasteiger partial charge < -0.3 is 5.32 Å². The van der Waals surface area contributed by atoms with E-state index in [0.717, 1.165) is 19.3 Å². The number of hydrogen-bond donors (Lipinski definition) is 1. The molecule has 14 heavy (non-hydrogen) atoms. The maximum absolute atomic E-state index is 11.0. The minimum atomic E-state index is 0.00466. The minimum absolute atomic E-state index is 0.00466. The van der Waals surface area contributed by atoms with E-state index in [-0.39, 0.29) is 5.91 Å². The summed E-state index contributed by atoms with van der Waals surface area (Å²) in [7, 11) is 0. The number of likely N-dealkylation sites (N-methyl/N-ethyl adjacent to an activating group) is 1. The fourth-order valence-corrected chi connectivity index (χ4v) is 1.02. The van der Waals surface area contributed by atoms with E-state index in [1.54, 1.807) is 6.08 Å². The lowest BCUT2D eigenvalue weighted by molar-refractivity contribution is -0.116. The van der Waals surface area contributed by atoms with Crippen molar-refractivity contribution in [2.24, 2.45) is 0 Å². The zero-order chi connectivity index (χ0) is 10.6. The highest BCUT2D eigenvalue weighted by molar-refractivity contribution is 5.87. The van der Waals surface area contributed by atoms with Gasteiger partial charge in [-0.3, -0.25) is 4.79 Å². The Morgan fingerprint density at radius 3 is 2.36 bits per heavy atom. The number of unbranched alkanes of at least 4 members (excludes halogenated alkanes) is 2. The van der Waals surface area contributed by atoms with Crippen molar-refractivity contribution < 1.29 is 4.79 Å². The molecule has 1 N–H and O–H groups in total. The molecule has 0 atom stereocenters. The molecule has 0 radical (unpaired) electrons. The van der Waals surface area contributed by atoms with Crippen LogP contribution in [0.25, 0.3) is 0 Å². The lowest BCUT2D eigenvalue weighted by Gasteiger charge is -1.93. The molecule has 0 spiro atoms. The molecule has 0 aromatic carbocycles. The standard InChI is InChI=1S/C12H21NO/c1-3-5-6-7-8-9-10-11-12(14)13-4-2/h6-7,10-11H,3-5,8-9H2,1-2H3,(H,13,14)/b7-6-,11-10+. The summed E-state index contributed by atoms with van der Waals surface area (Å²) in [5, 5.41) is 2.71. The Hall–Kier alpha value is -1.05. The van der Waals surface area contributed by atoms with Crippen LogP contribution in [-0.2, 0) is 4.79 Å². The van der Waals surface area contributed by atoms with Crippen molar-refractivity contribution in [3.8, 4) is 0 Å². The zero-order valence-electron chi connectivity index (χ0n) is 9.25. The van der Waals surface area contributed by atoms with E-state index in [9.17, 15) is 4.79 Å². The van der Waals surface area contributed by atoms with Gasteiger partial charge in [-0.15, -0.1) is 0 Å². The van der Waals surface area contributed by atoms with E-state index in [1.807, 2.05) is 13.0 Å². The van der Waals surface area contributed by atoms with Gasteiger partial charge in [0.05, 0.1) is 0 Å². The molecule has 80 valence electrons. The van der Waals surface area contributed by atoms with Crippen molar-refractivity contribution in [2.75, 3.05) is 6.54 Å². The number of nitrogens with one attached hydrogen (secondary N) is 1. The van der Waals surface area contributed by atoms with Gasteiger partial charge in [0.25, 0.3) is 0 Å². The second-order valence-electron chi connectivity index (χ2n) is 3.13. The number of hydrogen-bond acceptors (Lipinski definition) is 1. The average molecular weight is 195 g/mol. The normalized spacial score (nSPS) is 11.3. The van der Waals surface area contributed by atoms with E-state index < -0.39 is 0 Å². The molecule has 0 aliphatic rings. The lowest BCUT2D eigenvalue weighted by Crippen LogP contribution is -2.19. The summed E-state index contributed by atoms with van der Waals surface area (Å²) in [5.41, 5.74) is 0. The molecule has 1 amide bonds. The van der Waals surface area contributed by atoms with Crippen molar-refractivity contribution in [1.29, 1.82) is 0 Å². The lowest BCUT2D eigenvalue weighted by atomic mass is 10.2. The topological polar surface area (TPSA) is 29.1 Å². The van der Waals surface area contributed by atoms with E-state index in [4.69, 9.17) is 0 Å². The quantitative estimate of drug-likeness (QED) is 0.378. The fraction of sp³-hybridized carbons (Fsp3) is 0.583. The molecule has 0 heterocycles. The predicted molar refractivity (Wildman–Crippen MR) is 61.1 cm³/mol. The van der Waals surface area contributed by atoms with Gasteiger partial charge in [0.1, 0.15) is 0 Å². The summed E-state index contributed by atoms with van der Waals surface area (Å²) >= 11 is 0. The summed E-state index contributed by atoms with van der Waals surface area (Å²) in [6.45, 7) is 4.78. The van der Waals surface area contributed by atoms with E-state index in [1.165, 1.54) is 6.42 Å². The number of allylic oxidation sites excluding steroid dienone is 3. The summed E-state index contributed by atoms with van der Waals surface area (Å²) in [4.78, 5) is 11.0. The number of carbonyl (C=O) groups is 1. The molecular weight excluding hydrogens is 174 g/mol. The first-order valence-corrected chi connectivity index (χ1v) is 5.40. The van der Waals surface area contributed by atoms with Crippen LogP contribution in [-0.4, -0.2) is 12.5 Å². The van der Waals surface area contributed by atoms with Crippen molar-refractivity contribution in [3.05, 3.63) is 24.3 Å².